The zero-order chi connectivity index (χ0) is 12.8. The molecule has 0 heterocycles. The van der Waals surface area contributed by atoms with Crippen molar-refractivity contribution < 1.29 is 9.72 Å². The molecular weight excluding hydrogens is 246 g/mol. The number of halogens is 1. The van der Waals surface area contributed by atoms with Crippen LogP contribution in [0.4, 0.5) is 5.69 Å². The molecule has 0 fully saturated rings. The number of non-ortho nitro benzene ring substituents is 1. The smallest absolute Gasteiger partial charge is 0.270 e. The fraction of sp³-hybridized carbons (Fsp3) is 0.300. The summed E-state index contributed by atoms with van der Waals surface area (Å²) in [5.74, 6) is -0.216. The molecular formula is C10H12ClN3O3. The monoisotopic (exact) mass is 257 g/mol. The number of nitrogens with zero attached hydrogens (tertiary/aromatic N) is 1. The van der Waals surface area contributed by atoms with Crippen molar-refractivity contribution in [3.63, 3.8) is 0 Å². The minimum absolute atomic E-state index is 0.0802. The van der Waals surface area contributed by atoms with Crippen molar-refractivity contribution in [3.05, 3.63) is 38.9 Å². The van der Waals surface area contributed by atoms with Gasteiger partial charge in [-0.15, -0.1) is 0 Å². The topological polar surface area (TPSA) is 98.3 Å². The fourth-order valence-electron chi connectivity index (χ4n) is 1.24. The number of carbonyl (C=O) groups excluding carboxylic acids is 1. The number of benzene rings is 1. The van der Waals surface area contributed by atoms with E-state index in [9.17, 15) is 14.9 Å². The van der Waals surface area contributed by atoms with E-state index in [1.54, 1.807) is 0 Å². The van der Waals surface area contributed by atoms with Crippen LogP contribution >= 0.6 is 11.6 Å². The molecule has 0 radical (unpaired) electrons. The highest BCUT2D eigenvalue weighted by Crippen LogP contribution is 2.22. The largest absolute Gasteiger partial charge is 0.355 e. The number of rotatable bonds is 5. The Morgan fingerprint density at radius 2 is 2.24 bits per heavy atom. The molecule has 0 aromatic heterocycles. The molecule has 1 rings (SSSR count). The van der Waals surface area contributed by atoms with Gasteiger partial charge in [0, 0.05) is 25.2 Å². The van der Waals surface area contributed by atoms with Crippen LogP contribution in [0, 0.1) is 10.1 Å². The lowest BCUT2D eigenvalue weighted by atomic mass is 10.1. The molecule has 17 heavy (non-hydrogen) atoms. The molecule has 3 N–H and O–H groups in total. The predicted octanol–water partition coefficient (Wildman–Crippen LogP) is 0.866. The van der Waals surface area contributed by atoms with Crippen LogP contribution in [0.1, 0.15) is 5.56 Å². The second-order valence-electron chi connectivity index (χ2n) is 3.35. The maximum Gasteiger partial charge on any atom is 0.270 e. The summed E-state index contributed by atoms with van der Waals surface area (Å²) >= 11 is 5.84. The van der Waals surface area contributed by atoms with E-state index in [-0.39, 0.29) is 23.0 Å². The van der Waals surface area contributed by atoms with Gasteiger partial charge in [-0.3, -0.25) is 14.9 Å². The Bertz CT molecular complexity index is 437. The lowest BCUT2D eigenvalue weighted by molar-refractivity contribution is -0.384. The Hall–Kier alpha value is -1.66. The molecule has 1 aromatic carbocycles. The summed E-state index contributed by atoms with van der Waals surface area (Å²) in [6, 6.07) is 4.02. The summed E-state index contributed by atoms with van der Waals surface area (Å²) in [7, 11) is 0. The van der Waals surface area contributed by atoms with E-state index in [1.165, 1.54) is 18.2 Å². The van der Waals surface area contributed by atoms with E-state index < -0.39 is 4.92 Å². The van der Waals surface area contributed by atoms with Crippen LogP contribution in [0.25, 0.3) is 0 Å². The summed E-state index contributed by atoms with van der Waals surface area (Å²) in [6.45, 7) is 0.753. The fourth-order valence-corrected chi connectivity index (χ4v) is 1.48. The van der Waals surface area contributed by atoms with Crippen molar-refractivity contribution in [2.24, 2.45) is 5.73 Å². The molecule has 0 unspecified atom stereocenters. The van der Waals surface area contributed by atoms with Crippen LogP contribution in [-0.2, 0) is 11.2 Å². The van der Waals surface area contributed by atoms with E-state index in [4.69, 9.17) is 17.3 Å². The maximum atomic E-state index is 11.4. The number of nitro groups is 1. The highest BCUT2D eigenvalue weighted by atomic mass is 35.5. The van der Waals surface area contributed by atoms with Gasteiger partial charge in [0.2, 0.25) is 5.91 Å². The van der Waals surface area contributed by atoms with Crippen molar-refractivity contribution in [2.75, 3.05) is 13.1 Å². The highest BCUT2D eigenvalue weighted by Gasteiger charge is 2.11. The summed E-state index contributed by atoms with van der Waals surface area (Å²) < 4.78 is 0. The van der Waals surface area contributed by atoms with E-state index in [2.05, 4.69) is 5.32 Å². The summed E-state index contributed by atoms with van der Waals surface area (Å²) in [5.41, 5.74) is 5.69. The number of carbonyl (C=O) groups is 1. The molecule has 0 spiro atoms. The number of hydrogen-bond donors (Lipinski definition) is 2. The number of nitrogens with two attached hydrogens (primary N) is 1. The molecule has 7 heteroatoms. The minimum Gasteiger partial charge on any atom is -0.355 e. The van der Waals surface area contributed by atoms with Crippen LogP contribution in [0.5, 0.6) is 0 Å². The Kier molecular flexibility index (Phi) is 4.86. The maximum absolute atomic E-state index is 11.4. The first kappa shape index (κ1) is 13.4. The van der Waals surface area contributed by atoms with Crippen molar-refractivity contribution in [3.8, 4) is 0 Å². The quantitative estimate of drug-likeness (QED) is 0.604. The van der Waals surface area contributed by atoms with Crippen LogP contribution in [0.3, 0.4) is 0 Å². The lowest BCUT2D eigenvalue weighted by Crippen LogP contribution is -2.30. The second-order valence-corrected chi connectivity index (χ2v) is 3.76. The first-order valence-electron chi connectivity index (χ1n) is 4.94. The average Bonchev–Trinajstić information content (AvgIpc) is 2.28. The molecule has 0 aliphatic rings. The van der Waals surface area contributed by atoms with Gasteiger partial charge in [-0.1, -0.05) is 17.7 Å². The molecule has 0 aliphatic heterocycles. The van der Waals surface area contributed by atoms with E-state index in [1.807, 2.05) is 0 Å². The lowest BCUT2D eigenvalue weighted by Gasteiger charge is -2.05. The Morgan fingerprint density at radius 1 is 1.53 bits per heavy atom. The second kappa shape index (κ2) is 6.17. The van der Waals surface area contributed by atoms with Gasteiger partial charge in [-0.05, 0) is 5.56 Å². The van der Waals surface area contributed by atoms with Gasteiger partial charge in [0.15, 0.2) is 0 Å². The normalized spacial score (nSPS) is 10.0. The standard InChI is InChI=1S/C10H12ClN3O3/c11-9-6-8(14(16)17)2-1-7(9)5-10(15)13-4-3-12/h1-2,6H,3-5,12H2,(H,13,15). The summed E-state index contributed by atoms with van der Waals surface area (Å²) in [4.78, 5) is 21.3. The third kappa shape index (κ3) is 4.01. The zero-order valence-corrected chi connectivity index (χ0v) is 9.74. The van der Waals surface area contributed by atoms with Crippen LogP contribution < -0.4 is 11.1 Å². The summed E-state index contributed by atoms with van der Waals surface area (Å²) in [5, 5.41) is 13.3. The minimum atomic E-state index is -0.538. The van der Waals surface area contributed by atoms with Gasteiger partial charge in [0.25, 0.3) is 5.69 Å². The third-order valence-electron chi connectivity index (χ3n) is 2.06. The molecule has 0 aliphatic carbocycles. The number of hydrogen-bond acceptors (Lipinski definition) is 4. The SMILES string of the molecule is NCCNC(=O)Cc1ccc([N+](=O)[O-])cc1Cl. The Labute approximate surface area is 103 Å². The third-order valence-corrected chi connectivity index (χ3v) is 2.42. The van der Waals surface area contributed by atoms with Crippen LogP contribution in [-0.4, -0.2) is 23.9 Å². The zero-order valence-electron chi connectivity index (χ0n) is 8.98. The van der Waals surface area contributed by atoms with E-state index in [0.717, 1.165) is 0 Å². The summed E-state index contributed by atoms with van der Waals surface area (Å²) in [6.07, 6.45) is 0.0802. The first-order chi connectivity index (χ1) is 8.04. The van der Waals surface area contributed by atoms with E-state index in [0.29, 0.717) is 18.7 Å². The number of nitrogens with one attached hydrogen (secondary N) is 1. The van der Waals surface area contributed by atoms with Crippen LogP contribution in [0.15, 0.2) is 18.2 Å². The molecule has 1 amide bonds. The predicted molar refractivity (Wildman–Crippen MR) is 63.9 cm³/mol. The molecule has 0 atom stereocenters. The van der Waals surface area contributed by atoms with Gasteiger partial charge in [-0.25, -0.2) is 0 Å². The van der Waals surface area contributed by atoms with Crippen LogP contribution in [0.2, 0.25) is 5.02 Å². The molecule has 1 aromatic rings. The molecule has 0 bridgehead atoms. The van der Waals surface area contributed by atoms with Gasteiger partial charge in [0.1, 0.15) is 0 Å². The van der Waals surface area contributed by atoms with E-state index >= 15 is 0 Å². The Balaban J connectivity index is 2.72. The number of nitro benzene ring substituents is 1. The molecule has 0 saturated carbocycles. The number of amides is 1. The van der Waals surface area contributed by atoms with Gasteiger partial charge in [0.05, 0.1) is 16.4 Å². The van der Waals surface area contributed by atoms with Gasteiger partial charge < -0.3 is 11.1 Å². The molecule has 6 nitrogen and oxygen atoms in total. The first-order valence-corrected chi connectivity index (χ1v) is 5.32. The van der Waals surface area contributed by atoms with Crippen molar-refractivity contribution >= 4 is 23.2 Å². The van der Waals surface area contributed by atoms with Gasteiger partial charge >= 0.3 is 0 Å². The van der Waals surface area contributed by atoms with Crippen molar-refractivity contribution in [1.82, 2.24) is 5.32 Å². The highest BCUT2D eigenvalue weighted by molar-refractivity contribution is 6.31. The molecule has 0 saturated heterocycles. The van der Waals surface area contributed by atoms with Crippen molar-refractivity contribution in [2.45, 2.75) is 6.42 Å². The average molecular weight is 258 g/mol. The Morgan fingerprint density at radius 3 is 2.76 bits per heavy atom. The van der Waals surface area contributed by atoms with Crippen molar-refractivity contribution in [1.29, 1.82) is 0 Å². The van der Waals surface area contributed by atoms with Gasteiger partial charge in [-0.2, -0.15) is 0 Å². The molecule has 92 valence electrons.